The van der Waals surface area contributed by atoms with Crippen molar-refractivity contribution in [3.05, 3.63) is 64.6 Å². The molecule has 3 aromatic rings. The summed E-state index contributed by atoms with van der Waals surface area (Å²) < 4.78 is 29.4. The second-order valence-electron chi connectivity index (χ2n) is 7.12. The zero-order valence-electron chi connectivity index (χ0n) is 16.2. The fraction of sp³-hybridized carbons (Fsp3) is 0.238. The molecule has 160 valence electrons. The molecule has 1 aromatic carbocycles. The van der Waals surface area contributed by atoms with Gasteiger partial charge in [0.1, 0.15) is 17.7 Å². The van der Waals surface area contributed by atoms with Crippen LogP contribution in [0, 0.1) is 11.6 Å². The predicted octanol–water partition coefficient (Wildman–Crippen LogP) is 5.25. The highest BCUT2D eigenvalue weighted by Crippen LogP contribution is 2.34. The highest BCUT2D eigenvalue weighted by Gasteiger charge is 2.27. The Labute approximate surface area is 186 Å². The second-order valence-corrected chi connectivity index (χ2v) is 7.91. The first-order valence-electron chi connectivity index (χ1n) is 9.52. The predicted molar refractivity (Wildman–Crippen MR) is 116 cm³/mol. The normalized spacial score (nSPS) is 16.4. The Hall–Kier alpha value is -2.84. The Bertz CT molecular complexity index is 1190. The van der Waals surface area contributed by atoms with E-state index in [2.05, 4.69) is 26.8 Å². The standard InChI is InChI=1S/C21H17Cl2F2N5O/c1-2-16(31)30-7-3-4-11(9-30)19-13(24)8-15-20(29-19)21(27-10-26-15)28-14-6-5-12(22)17(23)18(14)25/h2,5-6,8,10-11H,1,3-4,7,9H2,(H,26,27,28). The van der Waals surface area contributed by atoms with Gasteiger partial charge in [-0.2, -0.15) is 0 Å². The molecule has 0 spiro atoms. The number of carbonyl (C=O) groups excluding carboxylic acids is 1. The van der Waals surface area contributed by atoms with Crippen molar-refractivity contribution in [2.75, 3.05) is 18.4 Å². The lowest BCUT2D eigenvalue weighted by atomic mass is 9.93. The molecule has 1 amide bonds. The molecule has 31 heavy (non-hydrogen) atoms. The Kier molecular flexibility index (Phi) is 6.02. The Morgan fingerprint density at radius 3 is 2.87 bits per heavy atom. The molecule has 4 rings (SSSR count). The van der Waals surface area contributed by atoms with Crippen molar-refractivity contribution in [2.24, 2.45) is 0 Å². The topological polar surface area (TPSA) is 71.0 Å². The number of fused-ring (bicyclic) bond motifs is 1. The first kappa shape index (κ1) is 21.4. The van der Waals surface area contributed by atoms with E-state index in [1.165, 1.54) is 30.6 Å². The lowest BCUT2D eigenvalue weighted by Crippen LogP contribution is -2.38. The maximum absolute atomic E-state index is 14.9. The van der Waals surface area contributed by atoms with Gasteiger partial charge in [-0.3, -0.25) is 4.79 Å². The zero-order valence-corrected chi connectivity index (χ0v) is 17.7. The number of aromatic nitrogens is 3. The summed E-state index contributed by atoms with van der Waals surface area (Å²) in [5, 5.41) is 2.69. The van der Waals surface area contributed by atoms with Crippen LogP contribution < -0.4 is 5.32 Å². The lowest BCUT2D eigenvalue weighted by Gasteiger charge is -2.32. The smallest absolute Gasteiger partial charge is 0.245 e. The number of benzene rings is 1. The van der Waals surface area contributed by atoms with Gasteiger partial charge in [0.15, 0.2) is 11.6 Å². The Morgan fingerprint density at radius 1 is 1.29 bits per heavy atom. The van der Waals surface area contributed by atoms with Gasteiger partial charge in [0.05, 0.1) is 26.9 Å². The van der Waals surface area contributed by atoms with Crippen molar-refractivity contribution < 1.29 is 13.6 Å². The average Bonchev–Trinajstić information content (AvgIpc) is 2.78. The van der Waals surface area contributed by atoms with Crippen LogP contribution in [0.2, 0.25) is 10.0 Å². The quantitative estimate of drug-likeness (QED) is 0.422. The first-order chi connectivity index (χ1) is 14.9. The fourth-order valence-corrected chi connectivity index (χ4v) is 3.94. The van der Waals surface area contributed by atoms with Crippen LogP contribution in [0.15, 0.2) is 37.2 Å². The minimum Gasteiger partial charge on any atom is -0.339 e. The number of rotatable bonds is 4. The number of anilines is 2. The summed E-state index contributed by atoms with van der Waals surface area (Å²) in [6.45, 7) is 4.43. The summed E-state index contributed by atoms with van der Waals surface area (Å²) in [6, 6.07) is 4.14. The third-order valence-electron chi connectivity index (χ3n) is 5.17. The van der Waals surface area contributed by atoms with Crippen molar-refractivity contribution in [2.45, 2.75) is 18.8 Å². The summed E-state index contributed by atoms with van der Waals surface area (Å²) in [5.41, 5.74) is 0.787. The van der Waals surface area contributed by atoms with Crippen LogP contribution >= 0.6 is 23.2 Å². The minimum absolute atomic E-state index is 0.0440. The van der Waals surface area contributed by atoms with Crippen molar-refractivity contribution >= 4 is 51.6 Å². The first-order valence-corrected chi connectivity index (χ1v) is 10.3. The van der Waals surface area contributed by atoms with Gasteiger partial charge in [0.2, 0.25) is 5.91 Å². The maximum atomic E-state index is 14.9. The van der Waals surface area contributed by atoms with E-state index >= 15 is 0 Å². The number of hydrogen-bond acceptors (Lipinski definition) is 5. The molecule has 0 bridgehead atoms. The van der Waals surface area contributed by atoms with Crippen LogP contribution in [-0.4, -0.2) is 38.8 Å². The third-order valence-corrected chi connectivity index (χ3v) is 5.95. The molecule has 2 aromatic heterocycles. The van der Waals surface area contributed by atoms with Gasteiger partial charge >= 0.3 is 0 Å². The summed E-state index contributed by atoms with van der Waals surface area (Å²) in [4.78, 5) is 26.3. The number of likely N-dealkylation sites (tertiary alicyclic amines) is 1. The average molecular weight is 464 g/mol. The SMILES string of the molecule is C=CC(=O)N1CCCC(c2nc3c(Nc4ccc(Cl)c(Cl)c4F)ncnc3cc2F)C1. The van der Waals surface area contributed by atoms with Gasteiger partial charge in [0, 0.05) is 25.1 Å². The monoisotopic (exact) mass is 463 g/mol. The van der Waals surface area contributed by atoms with Crippen molar-refractivity contribution in [1.82, 2.24) is 19.9 Å². The second kappa shape index (κ2) is 8.72. The molecule has 0 aliphatic carbocycles. The van der Waals surface area contributed by atoms with Crippen molar-refractivity contribution in [3.63, 3.8) is 0 Å². The molecule has 1 atom stereocenters. The maximum Gasteiger partial charge on any atom is 0.245 e. The molecule has 6 nitrogen and oxygen atoms in total. The highest BCUT2D eigenvalue weighted by atomic mass is 35.5. The fourth-order valence-electron chi connectivity index (χ4n) is 3.63. The van der Waals surface area contributed by atoms with Gasteiger partial charge in [-0.05, 0) is 31.1 Å². The summed E-state index contributed by atoms with van der Waals surface area (Å²) in [7, 11) is 0. The Morgan fingerprint density at radius 2 is 2.10 bits per heavy atom. The number of nitrogens with one attached hydrogen (secondary N) is 1. The van der Waals surface area contributed by atoms with E-state index in [1.54, 1.807) is 4.90 Å². The largest absolute Gasteiger partial charge is 0.339 e. The Balaban J connectivity index is 1.73. The summed E-state index contributed by atoms with van der Waals surface area (Å²) in [6.07, 6.45) is 3.86. The number of halogens is 4. The number of amides is 1. The number of hydrogen-bond donors (Lipinski definition) is 1. The van der Waals surface area contributed by atoms with Crippen LogP contribution in [0.5, 0.6) is 0 Å². The number of carbonyl (C=O) groups is 1. The molecule has 1 fully saturated rings. The molecule has 1 aliphatic heterocycles. The molecule has 1 unspecified atom stereocenters. The molecule has 3 heterocycles. The molecule has 1 saturated heterocycles. The van der Waals surface area contributed by atoms with Gasteiger partial charge in [-0.1, -0.05) is 29.8 Å². The van der Waals surface area contributed by atoms with E-state index in [0.717, 1.165) is 0 Å². The van der Waals surface area contributed by atoms with E-state index in [0.29, 0.717) is 25.9 Å². The summed E-state index contributed by atoms with van der Waals surface area (Å²) in [5.74, 6) is -1.56. The van der Waals surface area contributed by atoms with Crippen LogP contribution in [0.3, 0.4) is 0 Å². The van der Waals surface area contributed by atoms with Gasteiger partial charge in [-0.25, -0.2) is 23.7 Å². The van der Waals surface area contributed by atoms with E-state index in [4.69, 9.17) is 23.2 Å². The van der Waals surface area contributed by atoms with Gasteiger partial charge in [0.25, 0.3) is 0 Å². The van der Waals surface area contributed by atoms with E-state index in [9.17, 15) is 13.6 Å². The number of pyridine rings is 1. The summed E-state index contributed by atoms with van der Waals surface area (Å²) >= 11 is 11.7. The third kappa shape index (κ3) is 4.18. The van der Waals surface area contributed by atoms with E-state index in [-0.39, 0.29) is 50.1 Å². The van der Waals surface area contributed by atoms with Crippen LogP contribution in [0.1, 0.15) is 24.5 Å². The highest BCUT2D eigenvalue weighted by molar-refractivity contribution is 6.42. The van der Waals surface area contributed by atoms with Crippen LogP contribution in [0.4, 0.5) is 20.3 Å². The molecule has 1 aliphatic rings. The molecule has 1 N–H and O–H groups in total. The molecule has 0 saturated carbocycles. The lowest BCUT2D eigenvalue weighted by molar-refractivity contribution is -0.127. The zero-order chi connectivity index (χ0) is 22.1. The molecule has 10 heteroatoms. The van der Waals surface area contributed by atoms with Gasteiger partial charge < -0.3 is 10.2 Å². The molecular weight excluding hydrogens is 447 g/mol. The van der Waals surface area contributed by atoms with Crippen LogP contribution in [0.25, 0.3) is 11.0 Å². The number of nitrogens with zero attached hydrogens (tertiary/aromatic N) is 4. The van der Waals surface area contributed by atoms with Crippen LogP contribution in [-0.2, 0) is 4.79 Å². The van der Waals surface area contributed by atoms with Crippen molar-refractivity contribution in [1.29, 1.82) is 0 Å². The minimum atomic E-state index is -0.742. The van der Waals surface area contributed by atoms with Crippen molar-refractivity contribution in [3.8, 4) is 0 Å². The van der Waals surface area contributed by atoms with E-state index < -0.39 is 11.6 Å². The van der Waals surface area contributed by atoms with Gasteiger partial charge in [-0.15, -0.1) is 0 Å². The molecule has 0 radical (unpaired) electrons. The van der Waals surface area contributed by atoms with E-state index in [1.807, 2.05) is 0 Å². The molecular formula is C21H17Cl2F2N5O. The number of piperidine rings is 1.